The van der Waals surface area contributed by atoms with Crippen molar-refractivity contribution in [3.8, 4) is 11.3 Å². The Hall–Kier alpha value is -2.24. The van der Waals surface area contributed by atoms with E-state index in [-0.39, 0.29) is 5.82 Å². The number of nitrogens with two attached hydrogens (primary N) is 1. The van der Waals surface area contributed by atoms with Crippen molar-refractivity contribution < 1.29 is 4.39 Å². The molecule has 0 bridgehead atoms. The molecule has 0 aliphatic rings. The van der Waals surface area contributed by atoms with Crippen molar-refractivity contribution in [2.45, 2.75) is 6.54 Å². The summed E-state index contributed by atoms with van der Waals surface area (Å²) in [5, 5.41) is 1.95. The Morgan fingerprint density at radius 1 is 1.09 bits per heavy atom. The number of hydrogen-bond donors (Lipinski definition) is 2. The summed E-state index contributed by atoms with van der Waals surface area (Å²) in [6.07, 6.45) is 1.92. The van der Waals surface area contributed by atoms with Gasteiger partial charge < -0.3 is 10.7 Å². The molecule has 0 radical (unpaired) electrons. The quantitative estimate of drug-likeness (QED) is 0.535. The van der Waals surface area contributed by atoms with Crippen molar-refractivity contribution in [1.29, 1.82) is 0 Å². The zero-order valence-corrected chi connectivity index (χ0v) is 13.7. The largest absolute Gasteiger partial charge is 0.360 e. The molecule has 2 heterocycles. The lowest BCUT2D eigenvalue weighted by atomic mass is 10.0. The van der Waals surface area contributed by atoms with Gasteiger partial charge in [-0.1, -0.05) is 15.9 Å². The van der Waals surface area contributed by atoms with Crippen molar-refractivity contribution in [2.75, 3.05) is 0 Å². The van der Waals surface area contributed by atoms with Crippen molar-refractivity contribution >= 4 is 37.7 Å². The molecule has 114 valence electrons. The second-order valence-corrected chi connectivity index (χ2v) is 6.34. The summed E-state index contributed by atoms with van der Waals surface area (Å²) in [4.78, 5) is 7.88. The van der Waals surface area contributed by atoms with Gasteiger partial charge in [0.05, 0.1) is 11.2 Å². The summed E-state index contributed by atoms with van der Waals surface area (Å²) >= 11 is 3.50. The number of nitrogens with one attached hydrogen (secondary N) is 1. The van der Waals surface area contributed by atoms with E-state index in [0.717, 1.165) is 37.6 Å². The van der Waals surface area contributed by atoms with Gasteiger partial charge in [-0.3, -0.25) is 0 Å². The van der Waals surface area contributed by atoms with Gasteiger partial charge in [0.1, 0.15) is 5.82 Å². The van der Waals surface area contributed by atoms with Gasteiger partial charge in [0.15, 0.2) is 0 Å². The van der Waals surface area contributed by atoms with E-state index < -0.39 is 0 Å². The molecule has 0 unspecified atom stereocenters. The molecule has 4 rings (SSSR count). The van der Waals surface area contributed by atoms with Crippen LogP contribution in [0, 0.1) is 5.82 Å². The van der Waals surface area contributed by atoms with E-state index in [2.05, 4.69) is 25.9 Å². The minimum absolute atomic E-state index is 0.299. The number of aromatic amines is 1. The Labute approximate surface area is 140 Å². The number of nitrogens with zero attached hydrogens (tertiary/aromatic N) is 1. The fraction of sp³-hybridized carbons (Fsp3) is 0.0556. The first-order valence-corrected chi connectivity index (χ1v) is 8.01. The number of aromatic nitrogens is 2. The maximum absolute atomic E-state index is 13.6. The lowest BCUT2D eigenvalue weighted by molar-refractivity contribution is 0.629. The Kier molecular flexibility index (Phi) is 3.39. The SMILES string of the molecule is NCc1cc(-c2c[nH]c3ccc(Br)cc23)nc2cc(F)ccc12. The van der Waals surface area contributed by atoms with Crippen LogP contribution in [0.2, 0.25) is 0 Å². The van der Waals surface area contributed by atoms with Gasteiger partial charge in [0.25, 0.3) is 0 Å². The van der Waals surface area contributed by atoms with Crippen LogP contribution in [0.15, 0.2) is 53.1 Å². The average Bonchev–Trinajstić information content (AvgIpc) is 2.96. The van der Waals surface area contributed by atoms with Gasteiger partial charge in [0.2, 0.25) is 0 Å². The molecule has 3 N–H and O–H groups in total. The molecule has 0 amide bonds. The highest BCUT2D eigenvalue weighted by Crippen LogP contribution is 2.32. The molecule has 4 aromatic rings. The standard InChI is InChI=1S/C18H13BrFN3/c19-11-1-4-16-14(6-11)15(9-22-16)17-5-10(8-21)13-3-2-12(20)7-18(13)23-17/h1-7,9,22H,8,21H2. The van der Waals surface area contributed by atoms with E-state index in [1.807, 2.05) is 30.5 Å². The molecule has 5 heteroatoms. The number of halogens is 2. The summed E-state index contributed by atoms with van der Waals surface area (Å²) in [5.74, 6) is -0.299. The Morgan fingerprint density at radius 2 is 1.96 bits per heavy atom. The highest BCUT2D eigenvalue weighted by atomic mass is 79.9. The van der Waals surface area contributed by atoms with Gasteiger partial charge >= 0.3 is 0 Å². The first-order valence-electron chi connectivity index (χ1n) is 7.22. The first-order chi connectivity index (χ1) is 11.2. The van der Waals surface area contributed by atoms with Crippen LogP contribution in [0.5, 0.6) is 0 Å². The molecule has 0 saturated carbocycles. The van der Waals surface area contributed by atoms with Crippen LogP contribution in [0.25, 0.3) is 33.1 Å². The third kappa shape index (κ3) is 2.42. The zero-order chi connectivity index (χ0) is 16.0. The third-order valence-electron chi connectivity index (χ3n) is 4.00. The zero-order valence-electron chi connectivity index (χ0n) is 12.1. The molecule has 3 nitrogen and oxygen atoms in total. The van der Waals surface area contributed by atoms with Gasteiger partial charge in [-0.15, -0.1) is 0 Å². The van der Waals surface area contributed by atoms with E-state index in [0.29, 0.717) is 12.1 Å². The topological polar surface area (TPSA) is 54.7 Å². The lowest BCUT2D eigenvalue weighted by Gasteiger charge is -2.08. The lowest BCUT2D eigenvalue weighted by Crippen LogP contribution is -2.00. The minimum atomic E-state index is -0.299. The smallest absolute Gasteiger partial charge is 0.125 e. The van der Waals surface area contributed by atoms with E-state index in [1.165, 1.54) is 12.1 Å². The second-order valence-electron chi connectivity index (χ2n) is 5.42. The number of pyridine rings is 1. The number of fused-ring (bicyclic) bond motifs is 2. The Morgan fingerprint density at radius 3 is 2.78 bits per heavy atom. The van der Waals surface area contributed by atoms with Gasteiger partial charge in [-0.25, -0.2) is 9.37 Å². The summed E-state index contributed by atoms with van der Waals surface area (Å²) in [6, 6.07) is 12.6. The maximum Gasteiger partial charge on any atom is 0.125 e. The molecule has 0 aliphatic heterocycles. The number of hydrogen-bond acceptors (Lipinski definition) is 2. The van der Waals surface area contributed by atoms with E-state index in [1.54, 1.807) is 6.07 Å². The number of H-pyrrole nitrogens is 1. The normalized spacial score (nSPS) is 11.4. The third-order valence-corrected chi connectivity index (χ3v) is 4.49. The monoisotopic (exact) mass is 369 g/mol. The van der Waals surface area contributed by atoms with Crippen LogP contribution in [0.4, 0.5) is 4.39 Å². The van der Waals surface area contributed by atoms with Crippen molar-refractivity contribution in [1.82, 2.24) is 9.97 Å². The van der Waals surface area contributed by atoms with E-state index in [4.69, 9.17) is 5.73 Å². The summed E-state index contributed by atoms with van der Waals surface area (Å²) in [5.41, 5.74) is 10.2. The van der Waals surface area contributed by atoms with Crippen LogP contribution in [-0.4, -0.2) is 9.97 Å². The Bertz CT molecular complexity index is 1040. The minimum Gasteiger partial charge on any atom is -0.360 e. The fourth-order valence-corrected chi connectivity index (χ4v) is 3.25. The van der Waals surface area contributed by atoms with Gasteiger partial charge in [-0.2, -0.15) is 0 Å². The van der Waals surface area contributed by atoms with E-state index >= 15 is 0 Å². The molecule has 0 saturated heterocycles. The Balaban J connectivity index is 2.02. The molecule has 23 heavy (non-hydrogen) atoms. The van der Waals surface area contributed by atoms with Crippen LogP contribution >= 0.6 is 15.9 Å². The highest BCUT2D eigenvalue weighted by Gasteiger charge is 2.12. The fourth-order valence-electron chi connectivity index (χ4n) is 2.89. The second kappa shape index (κ2) is 5.44. The molecular weight excluding hydrogens is 357 g/mol. The van der Waals surface area contributed by atoms with Crippen molar-refractivity contribution in [2.24, 2.45) is 5.73 Å². The van der Waals surface area contributed by atoms with Crippen LogP contribution in [0.3, 0.4) is 0 Å². The van der Waals surface area contributed by atoms with Gasteiger partial charge in [0, 0.05) is 45.1 Å². The number of benzene rings is 2. The first kappa shape index (κ1) is 14.4. The average molecular weight is 370 g/mol. The molecule has 2 aromatic heterocycles. The molecule has 0 atom stereocenters. The van der Waals surface area contributed by atoms with Crippen LogP contribution in [-0.2, 0) is 6.54 Å². The molecule has 0 aliphatic carbocycles. The van der Waals surface area contributed by atoms with Gasteiger partial charge in [-0.05, 0) is 42.0 Å². The molecular formula is C18H13BrFN3. The van der Waals surface area contributed by atoms with Crippen molar-refractivity contribution in [3.05, 3.63) is 64.5 Å². The summed E-state index contributed by atoms with van der Waals surface area (Å²) in [6.45, 7) is 0.379. The van der Waals surface area contributed by atoms with Crippen LogP contribution < -0.4 is 5.73 Å². The number of rotatable bonds is 2. The molecule has 0 fully saturated rings. The van der Waals surface area contributed by atoms with Crippen molar-refractivity contribution in [3.63, 3.8) is 0 Å². The predicted molar refractivity (Wildman–Crippen MR) is 94.6 cm³/mol. The maximum atomic E-state index is 13.6. The van der Waals surface area contributed by atoms with Crippen LogP contribution in [0.1, 0.15) is 5.56 Å². The van der Waals surface area contributed by atoms with E-state index in [9.17, 15) is 4.39 Å². The summed E-state index contributed by atoms with van der Waals surface area (Å²) in [7, 11) is 0. The predicted octanol–water partition coefficient (Wildman–Crippen LogP) is 4.74. The molecule has 0 spiro atoms. The summed E-state index contributed by atoms with van der Waals surface area (Å²) < 4.78 is 14.6. The molecule has 2 aromatic carbocycles. The highest BCUT2D eigenvalue weighted by molar-refractivity contribution is 9.10.